The average Bonchev–Trinajstić information content (AvgIpc) is 2.96. The van der Waals surface area contributed by atoms with E-state index < -0.39 is 5.54 Å². The number of carbonyl (C=O) groups excluding carboxylic acids is 1. The van der Waals surface area contributed by atoms with Crippen LogP contribution in [0.15, 0.2) is 78.9 Å². The van der Waals surface area contributed by atoms with Crippen molar-refractivity contribution < 1.29 is 10.0 Å². The van der Waals surface area contributed by atoms with Crippen LogP contribution in [0.5, 0.6) is 0 Å². The Hall–Kier alpha value is -3.11. The number of fused-ring (bicyclic) bond motifs is 1. The van der Waals surface area contributed by atoms with Crippen LogP contribution in [-0.4, -0.2) is 11.1 Å². The third kappa shape index (κ3) is 2.55. The molecule has 1 heterocycles. The topological polar surface area (TPSA) is 52.6 Å². The van der Waals surface area contributed by atoms with E-state index in [2.05, 4.69) is 5.32 Å². The van der Waals surface area contributed by atoms with Crippen LogP contribution in [0.25, 0.3) is 0 Å². The van der Waals surface area contributed by atoms with Gasteiger partial charge in [-0.2, -0.15) is 0 Å². The van der Waals surface area contributed by atoms with Crippen molar-refractivity contribution in [2.75, 3.05) is 10.4 Å². The number of rotatable bonds is 4. The summed E-state index contributed by atoms with van der Waals surface area (Å²) in [6.07, 6.45) is 0.363. The number of hydrogen-bond acceptors (Lipinski definition) is 3. The molecule has 1 aliphatic heterocycles. The molecule has 4 nitrogen and oxygen atoms in total. The zero-order chi connectivity index (χ0) is 18.1. The summed E-state index contributed by atoms with van der Waals surface area (Å²) in [6, 6.07) is 24.7. The summed E-state index contributed by atoms with van der Waals surface area (Å²) >= 11 is 0. The van der Waals surface area contributed by atoms with Crippen molar-refractivity contribution in [1.82, 2.24) is 0 Å². The quantitative estimate of drug-likeness (QED) is 0.695. The number of benzene rings is 3. The molecule has 0 bridgehead atoms. The van der Waals surface area contributed by atoms with Crippen LogP contribution in [0.1, 0.15) is 16.7 Å². The minimum absolute atomic E-state index is 0.231. The molecule has 1 atom stereocenters. The normalized spacial score (nSPS) is 18.3. The van der Waals surface area contributed by atoms with Gasteiger partial charge in [-0.15, -0.1) is 0 Å². The predicted octanol–water partition coefficient (Wildman–Crippen LogP) is 4.28. The zero-order valence-electron chi connectivity index (χ0n) is 14.5. The second kappa shape index (κ2) is 6.32. The summed E-state index contributed by atoms with van der Waals surface area (Å²) in [6.45, 7) is 2.03. The number of para-hydroxylation sites is 2. The molecule has 4 heteroatoms. The van der Waals surface area contributed by atoms with Gasteiger partial charge in [-0.05, 0) is 30.7 Å². The highest BCUT2D eigenvalue weighted by molar-refractivity contribution is 6.08. The van der Waals surface area contributed by atoms with E-state index in [4.69, 9.17) is 0 Å². The Bertz CT molecular complexity index is 938. The molecule has 0 radical (unpaired) electrons. The molecule has 0 unspecified atom stereocenters. The Kier molecular flexibility index (Phi) is 3.98. The second-order valence-corrected chi connectivity index (χ2v) is 6.67. The first kappa shape index (κ1) is 16.4. The lowest BCUT2D eigenvalue weighted by Gasteiger charge is -2.36. The first-order chi connectivity index (χ1) is 12.6. The molecule has 0 aromatic heterocycles. The lowest BCUT2D eigenvalue weighted by atomic mass is 9.83. The van der Waals surface area contributed by atoms with Gasteiger partial charge in [0.1, 0.15) is 0 Å². The smallest absolute Gasteiger partial charge is 0.257 e. The molecule has 130 valence electrons. The Morgan fingerprint density at radius 2 is 1.58 bits per heavy atom. The monoisotopic (exact) mass is 344 g/mol. The van der Waals surface area contributed by atoms with E-state index in [1.807, 2.05) is 73.7 Å². The molecule has 0 fully saturated rings. The highest BCUT2D eigenvalue weighted by atomic mass is 16.5. The average molecular weight is 344 g/mol. The molecule has 4 rings (SSSR count). The minimum atomic E-state index is -1.22. The van der Waals surface area contributed by atoms with Crippen molar-refractivity contribution in [3.63, 3.8) is 0 Å². The molecule has 2 N–H and O–H groups in total. The predicted molar refractivity (Wildman–Crippen MR) is 102 cm³/mol. The standard InChI is InChI=1S/C22H20N2O2/c1-16-11-13-17(14-12-16)15-22(24(26)18-7-3-2-4-8-18)19-9-5-6-10-20(19)23-21(22)25/h2-14,26H,15H2,1H3,(H,23,25)/t22-/m0/s1. The molecule has 1 aliphatic rings. The molecule has 0 aliphatic carbocycles. The summed E-state index contributed by atoms with van der Waals surface area (Å²) in [7, 11) is 0. The van der Waals surface area contributed by atoms with Crippen LogP contribution in [0.2, 0.25) is 0 Å². The van der Waals surface area contributed by atoms with Gasteiger partial charge in [0, 0.05) is 17.7 Å². The maximum absolute atomic E-state index is 13.1. The first-order valence-electron chi connectivity index (χ1n) is 8.62. The van der Waals surface area contributed by atoms with Crippen LogP contribution in [0, 0.1) is 6.92 Å². The highest BCUT2D eigenvalue weighted by Gasteiger charge is 2.51. The molecule has 0 saturated carbocycles. The second-order valence-electron chi connectivity index (χ2n) is 6.67. The van der Waals surface area contributed by atoms with E-state index in [-0.39, 0.29) is 5.91 Å². The molecular weight excluding hydrogens is 324 g/mol. The lowest BCUT2D eigenvalue weighted by Crippen LogP contribution is -2.51. The number of hydroxylamine groups is 1. The summed E-state index contributed by atoms with van der Waals surface area (Å²) < 4.78 is 0. The van der Waals surface area contributed by atoms with Crippen LogP contribution in [0.3, 0.4) is 0 Å². The largest absolute Gasteiger partial charge is 0.323 e. The maximum Gasteiger partial charge on any atom is 0.257 e. The number of anilines is 2. The summed E-state index contributed by atoms with van der Waals surface area (Å²) in [5.74, 6) is -0.231. The fraction of sp³-hybridized carbons (Fsp3) is 0.136. The van der Waals surface area contributed by atoms with Crippen molar-refractivity contribution in [2.24, 2.45) is 0 Å². The Morgan fingerprint density at radius 1 is 0.923 bits per heavy atom. The van der Waals surface area contributed by atoms with Gasteiger partial charge in [-0.3, -0.25) is 10.0 Å². The van der Waals surface area contributed by atoms with Gasteiger partial charge in [0.2, 0.25) is 0 Å². The van der Waals surface area contributed by atoms with Gasteiger partial charge >= 0.3 is 0 Å². The SMILES string of the molecule is Cc1ccc(C[C@@]2(N(O)c3ccccc3)C(=O)Nc3ccccc32)cc1. The van der Waals surface area contributed by atoms with Gasteiger partial charge in [-0.1, -0.05) is 66.2 Å². The van der Waals surface area contributed by atoms with Crippen molar-refractivity contribution in [3.05, 3.63) is 95.6 Å². The van der Waals surface area contributed by atoms with E-state index in [1.165, 1.54) is 0 Å². The van der Waals surface area contributed by atoms with Crippen LogP contribution in [-0.2, 0) is 16.8 Å². The first-order valence-corrected chi connectivity index (χ1v) is 8.62. The minimum Gasteiger partial charge on any atom is -0.323 e. The van der Waals surface area contributed by atoms with Gasteiger partial charge in [0.05, 0.1) is 5.69 Å². The molecular formula is C22H20N2O2. The fourth-order valence-corrected chi connectivity index (χ4v) is 3.55. The van der Waals surface area contributed by atoms with Gasteiger partial charge in [0.25, 0.3) is 5.91 Å². The van der Waals surface area contributed by atoms with Crippen molar-refractivity contribution in [3.8, 4) is 0 Å². The molecule has 1 amide bonds. The third-order valence-electron chi connectivity index (χ3n) is 4.94. The molecule has 3 aromatic rings. The number of nitrogens with zero attached hydrogens (tertiary/aromatic N) is 1. The molecule has 0 saturated heterocycles. The number of carbonyl (C=O) groups is 1. The Labute approximate surface area is 152 Å². The van der Waals surface area contributed by atoms with E-state index in [0.29, 0.717) is 12.1 Å². The van der Waals surface area contributed by atoms with E-state index >= 15 is 0 Å². The number of amides is 1. The Balaban J connectivity index is 1.87. The van der Waals surface area contributed by atoms with Gasteiger partial charge < -0.3 is 5.32 Å². The lowest BCUT2D eigenvalue weighted by molar-refractivity contribution is -0.123. The highest BCUT2D eigenvalue weighted by Crippen LogP contribution is 2.43. The molecule has 3 aromatic carbocycles. The number of nitrogens with one attached hydrogen (secondary N) is 1. The van der Waals surface area contributed by atoms with Crippen LogP contribution in [0.4, 0.5) is 11.4 Å². The maximum atomic E-state index is 13.1. The summed E-state index contributed by atoms with van der Waals surface area (Å²) in [5.41, 5.74) is 3.01. The van der Waals surface area contributed by atoms with E-state index in [9.17, 15) is 10.0 Å². The van der Waals surface area contributed by atoms with Crippen molar-refractivity contribution in [2.45, 2.75) is 18.9 Å². The summed E-state index contributed by atoms with van der Waals surface area (Å²) in [5, 5.41) is 15.2. The zero-order valence-corrected chi connectivity index (χ0v) is 14.5. The van der Waals surface area contributed by atoms with E-state index in [0.717, 1.165) is 27.4 Å². The number of aryl methyl sites for hydroxylation is 1. The van der Waals surface area contributed by atoms with E-state index in [1.54, 1.807) is 12.1 Å². The molecule has 0 spiro atoms. The van der Waals surface area contributed by atoms with Gasteiger partial charge in [0.15, 0.2) is 5.54 Å². The van der Waals surface area contributed by atoms with Gasteiger partial charge in [-0.25, -0.2) is 5.06 Å². The fourth-order valence-electron chi connectivity index (χ4n) is 3.55. The molecule has 26 heavy (non-hydrogen) atoms. The van der Waals surface area contributed by atoms with Crippen LogP contribution >= 0.6 is 0 Å². The Morgan fingerprint density at radius 3 is 2.31 bits per heavy atom. The van der Waals surface area contributed by atoms with Crippen molar-refractivity contribution in [1.29, 1.82) is 0 Å². The third-order valence-corrected chi connectivity index (χ3v) is 4.94. The van der Waals surface area contributed by atoms with Crippen LogP contribution < -0.4 is 10.4 Å². The van der Waals surface area contributed by atoms with Crippen molar-refractivity contribution >= 4 is 17.3 Å². The number of hydrogen-bond donors (Lipinski definition) is 2. The summed E-state index contributed by atoms with van der Waals surface area (Å²) in [4.78, 5) is 13.1.